The summed E-state index contributed by atoms with van der Waals surface area (Å²) in [5.41, 5.74) is 1.07. The Morgan fingerprint density at radius 1 is 1.19 bits per heavy atom. The summed E-state index contributed by atoms with van der Waals surface area (Å²) in [5.74, 6) is 0. The number of hydrogen-bond acceptors (Lipinski definition) is 5. The summed E-state index contributed by atoms with van der Waals surface area (Å²) in [4.78, 5) is 20.8. The quantitative estimate of drug-likeness (QED) is 0.605. The fraction of sp³-hybridized carbons (Fsp3) is 0. The van der Waals surface area contributed by atoms with E-state index in [9.17, 15) is 4.79 Å². The first-order chi connectivity index (χ1) is 7.86. The van der Waals surface area contributed by atoms with Gasteiger partial charge in [-0.25, -0.2) is 4.79 Å². The van der Waals surface area contributed by atoms with Crippen molar-refractivity contribution in [3.05, 3.63) is 53.5 Å². The Balaban J connectivity index is 0.000000162. The van der Waals surface area contributed by atoms with Crippen LogP contribution in [0.25, 0.3) is 11.0 Å². The Morgan fingerprint density at radius 3 is 2.81 bits per heavy atom. The lowest BCUT2D eigenvalue weighted by atomic mass is 10.4. The molecule has 3 aromatic rings. The van der Waals surface area contributed by atoms with Gasteiger partial charge in [0.1, 0.15) is 11.8 Å². The minimum Gasteiger partial charge on any atom is -0.365 e. The molecule has 0 aliphatic heterocycles. The van der Waals surface area contributed by atoms with E-state index in [4.69, 9.17) is 0 Å². The Labute approximate surface area is 90.0 Å². The van der Waals surface area contributed by atoms with E-state index in [0.717, 1.165) is 0 Å². The number of aromatic amines is 1. The highest BCUT2D eigenvalue weighted by Crippen LogP contribution is 2.00. The lowest BCUT2D eigenvalue weighted by Gasteiger charge is -1.91. The van der Waals surface area contributed by atoms with E-state index in [1.165, 1.54) is 12.5 Å². The molecule has 0 amide bonds. The van der Waals surface area contributed by atoms with Gasteiger partial charge in [-0.15, -0.1) is 0 Å². The maximum atomic E-state index is 10.7. The van der Waals surface area contributed by atoms with Crippen molar-refractivity contribution in [3.63, 3.8) is 0 Å². The monoisotopic (exact) mass is 216 g/mol. The second-order valence-corrected chi connectivity index (χ2v) is 2.81. The van der Waals surface area contributed by atoms with Crippen molar-refractivity contribution in [1.29, 1.82) is 0 Å². The lowest BCUT2D eigenvalue weighted by molar-refractivity contribution is 0.420. The first kappa shape index (κ1) is 10.0. The average molecular weight is 216 g/mol. The van der Waals surface area contributed by atoms with E-state index < -0.39 is 0 Å². The predicted molar refractivity (Wildman–Crippen MR) is 56.7 cm³/mol. The summed E-state index contributed by atoms with van der Waals surface area (Å²) in [6, 6.07) is 5.27. The van der Waals surface area contributed by atoms with Gasteiger partial charge in [-0.05, 0) is 18.2 Å². The van der Waals surface area contributed by atoms with Gasteiger partial charge in [0.15, 0.2) is 0 Å². The molecular weight excluding hydrogens is 208 g/mol. The topological polar surface area (TPSA) is 84.7 Å². The first-order valence-electron chi connectivity index (χ1n) is 4.50. The molecule has 0 aliphatic carbocycles. The maximum Gasteiger partial charge on any atom is 0.345 e. The molecule has 0 saturated carbocycles. The smallest absolute Gasteiger partial charge is 0.345 e. The highest BCUT2D eigenvalue weighted by Gasteiger charge is 1.91. The van der Waals surface area contributed by atoms with Crippen LogP contribution in [0.1, 0.15) is 0 Å². The largest absolute Gasteiger partial charge is 0.365 e. The summed E-state index contributed by atoms with van der Waals surface area (Å²) in [6.45, 7) is 0. The fourth-order valence-corrected chi connectivity index (χ4v) is 1.07. The van der Waals surface area contributed by atoms with Crippen LogP contribution >= 0.6 is 0 Å². The number of H-pyrrole nitrogens is 1. The predicted octanol–water partition coefficient (Wildman–Crippen LogP) is 0.993. The third-order valence-electron chi connectivity index (χ3n) is 1.73. The van der Waals surface area contributed by atoms with Gasteiger partial charge in [-0.2, -0.15) is 4.98 Å². The van der Waals surface area contributed by atoms with Crippen LogP contribution in [0.15, 0.2) is 52.4 Å². The molecule has 0 spiro atoms. The Hall–Kier alpha value is -2.50. The van der Waals surface area contributed by atoms with Gasteiger partial charge in [0, 0.05) is 6.20 Å². The molecule has 3 aromatic heterocycles. The molecule has 6 nitrogen and oxygen atoms in total. The average Bonchev–Trinajstić information content (AvgIpc) is 2.87. The number of aromatic nitrogens is 4. The summed E-state index contributed by atoms with van der Waals surface area (Å²) in [5, 5.41) is 3.35. The van der Waals surface area contributed by atoms with Gasteiger partial charge in [-0.1, -0.05) is 5.16 Å². The molecule has 0 radical (unpaired) electrons. The molecule has 6 heteroatoms. The van der Waals surface area contributed by atoms with Crippen LogP contribution in [0.5, 0.6) is 0 Å². The van der Waals surface area contributed by atoms with Crippen molar-refractivity contribution in [1.82, 2.24) is 20.1 Å². The molecule has 0 bridgehead atoms. The van der Waals surface area contributed by atoms with Crippen LogP contribution in [-0.4, -0.2) is 20.1 Å². The molecule has 0 fully saturated rings. The molecule has 0 saturated heterocycles. The lowest BCUT2D eigenvalue weighted by Crippen LogP contribution is -2.08. The van der Waals surface area contributed by atoms with Crippen LogP contribution in [0, 0.1) is 0 Å². The first-order valence-corrected chi connectivity index (χ1v) is 4.50. The van der Waals surface area contributed by atoms with E-state index >= 15 is 0 Å². The van der Waals surface area contributed by atoms with E-state index in [1.54, 1.807) is 30.6 Å². The molecular formula is C10H8N4O2. The zero-order valence-electron chi connectivity index (χ0n) is 8.20. The third kappa shape index (κ3) is 2.50. The maximum absolute atomic E-state index is 10.7. The molecule has 3 heterocycles. The van der Waals surface area contributed by atoms with E-state index in [1.807, 2.05) is 0 Å². The highest BCUT2D eigenvalue weighted by molar-refractivity contribution is 5.71. The number of nitrogens with zero attached hydrogens (tertiary/aromatic N) is 3. The normalized spacial score (nSPS) is 9.50. The van der Waals surface area contributed by atoms with Gasteiger partial charge in [0.2, 0.25) is 0 Å². The molecule has 1 N–H and O–H groups in total. The van der Waals surface area contributed by atoms with Crippen molar-refractivity contribution in [2.75, 3.05) is 0 Å². The summed E-state index contributed by atoms with van der Waals surface area (Å²) in [6.07, 6.45) is 6.20. The SMILES string of the molecule is O=c1ncc2ncccc2[nH]1.c1cnoc1. The van der Waals surface area contributed by atoms with Crippen LogP contribution < -0.4 is 5.69 Å². The Kier molecular flexibility index (Phi) is 3.03. The van der Waals surface area contributed by atoms with Crippen molar-refractivity contribution in [2.24, 2.45) is 0 Å². The zero-order valence-corrected chi connectivity index (χ0v) is 8.20. The van der Waals surface area contributed by atoms with Crippen LogP contribution in [-0.2, 0) is 0 Å². The van der Waals surface area contributed by atoms with Crippen LogP contribution in [0.3, 0.4) is 0 Å². The second-order valence-electron chi connectivity index (χ2n) is 2.81. The second kappa shape index (κ2) is 4.83. The number of nitrogens with one attached hydrogen (secondary N) is 1. The van der Waals surface area contributed by atoms with Gasteiger partial charge in [-0.3, -0.25) is 4.98 Å². The zero-order chi connectivity index (χ0) is 11.2. The molecule has 16 heavy (non-hydrogen) atoms. The van der Waals surface area contributed by atoms with Gasteiger partial charge < -0.3 is 9.51 Å². The van der Waals surface area contributed by atoms with Gasteiger partial charge in [0.25, 0.3) is 0 Å². The Morgan fingerprint density at radius 2 is 2.12 bits per heavy atom. The third-order valence-corrected chi connectivity index (χ3v) is 1.73. The van der Waals surface area contributed by atoms with Crippen molar-refractivity contribution in [2.45, 2.75) is 0 Å². The molecule has 0 unspecified atom stereocenters. The summed E-state index contributed by atoms with van der Waals surface area (Å²) in [7, 11) is 0. The molecule has 3 rings (SSSR count). The van der Waals surface area contributed by atoms with Crippen molar-refractivity contribution >= 4 is 11.0 Å². The Bertz CT molecular complexity index is 586. The molecule has 0 aromatic carbocycles. The van der Waals surface area contributed by atoms with E-state index in [2.05, 4.69) is 24.6 Å². The number of pyridine rings is 1. The minimum atomic E-state index is -0.342. The number of rotatable bonds is 0. The number of hydrogen-bond donors (Lipinski definition) is 1. The van der Waals surface area contributed by atoms with E-state index in [0.29, 0.717) is 11.0 Å². The van der Waals surface area contributed by atoms with Crippen molar-refractivity contribution in [3.8, 4) is 0 Å². The van der Waals surface area contributed by atoms with E-state index in [-0.39, 0.29) is 5.69 Å². The van der Waals surface area contributed by atoms with Gasteiger partial charge >= 0.3 is 5.69 Å². The highest BCUT2D eigenvalue weighted by atomic mass is 16.5. The summed E-state index contributed by atoms with van der Waals surface area (Å²) < 4.78 is 4.33. The van der Waals surface area contributed by atoms with Crippen LogP contribution in [0.2, 0.25) is 0 Å². The van der Waals surface area contributed by atoms with Crippen LogP contribution in [0.4, 0.5) is 0 Å². The van der Waals surface area contributed by atoms with Gasteiger partial charge in [0.05, 0.1) is 17.9 Å². The summed E-state index contributed by atoms with van der Waals surface area (Å²) >= 11 is 0. The number of fused-ring (bicyclic) bond motifs is 1. The fourth-order valence-electron chi connectivity index (χ4n) is 1.07. The molecule has 80 valence electrons. The molecule has 0 atom stereocenters. The van der Waals surface area contributed by atoms with Crippen molar-refractivity contribution < 1.29 is 4.52 Å². The standard InChI is InChI=1S/C7H5N3O.C3H3NO/c11-7-9-4-6-5(10-7)2-1-3-8-6;1-2-4-5-3-1/h1-4H,(H,9,10,11);1-3H. The minimum absolute atomic E-state index is 0.342. The molecule has 0 aliphatic rings.